The number of aliphatic hydroxyl groups excluding tert-OH is 1. The molecular weight excluding hydrogens is 326 g/mol. The van der Waals surface area contributed by atoms with Gasteiger partial charge in [-0.3, -0.25) is 5.41 Å². The van der Waals surface area contributed by atoms with Crippen LogP contribution in [0.4, 0.5) is 5.69 Å². The van der Waals surface area contributed by atoms with E-state index >= 15 is 0 Å². The first-order valence-corrected chi connectivity index (χ1v) is 8.15. The van der Waals surface area contributed by atoms with E-state index in [2.05, 4.69) is 9.72 Å². The van der Waals surface area contributed by atoms with E-state index in [1.807, 2.05) is 13.8 Å². The van der Waals surface area contributed by atoms with E-state index in [-0.39, 0.29) is 18.1 Å². The van der Waals surface area contributed by atoms with Crippen molar-refractivity contribution in [2.75, 3.05) is 18.6 Å². The summed E-state index contributed by atoms with van der Waals surface area (Å²) in [5.41, 5.74) is 2.53. The van der Waals surface area contributed by atoms with Crippen LogP contribution < -0.4 is 4.90 Å². The van der Waals surface area contributed by atoms with Crippen LogP contribution in [0, 0.1) is 19.3 Å². The number of methoxy groups -OCH3 is 1. The summed E-state index contributed by atoms with van der Waals surface area (Å²) in [7, 11) is 1.33. The van der Waals surface area contributed by atoms with Crippen molar-refractivity contribution in [2.24, 2.45) is 0 Å². The van der Waals surface area contributed by atoms with Crippen molar-refractivity contribution in [3.8, 4) is 0 Å². The Bertz CT molecular complexity index is 833. The summed E-state index contributed by atoms with van der Waals surface area (Å²) < 4.78 is 4.68. The van der Waals surface area contributed by atoms with Crippen molar-refractivity contribution in [2.45, 2.75) is 13.8 Å². The van der Waals surface area contributed by atoms with Crippen LogP contribution >= 0.6 is 11.3 Å². The topological polar surface area (TPSA) is 86.5 Å². The van der Waals surface area contributed by atoms with E-state index < -0.39 is 5.97 Å². The third-order valence-corrected chi connectivity index (χ3v) is 5.04. The number of esters is 1. The first-order chi connectivity index (χ1) is 11.4. The first kappa shape index (κ1) is 16.2. The number of nitrogens with one attached hydrogen (secondary N) is 1. The molecule has 0 saturated heterocycles. The summed E-state index contributed by atoms with van der Waals surface area (Å²) in [4.78, 5) is 18.7. The molecule has 0 amide bonds. The number of carbonyl (C=O) groups is 1. The number of amidine groups is 1. The number of nitrogens with zero attached hydrogens (tertiary/aromatic N) is 2. The summed E-state index contributed by atoms with van der Waals surface area (Å²) in [6.45, 7) is 4.09. The van der Waals surface area contributed by atoms with Crippen LogP contribution in [0.5, 0.6) is 0 Å². The number of rotatable bonds is 3. The number of thiazole rings is 1. The van der Waals surface area contributed by atoms with E-state index in [4.69, 9.17) is 5.41 Å². The molecule has 0 aliphatic carbocycles. The molecule has 1 aliphatic rings. The predicted molar refractivity (Wildman–Crippen MR) is 94.0 cm³/mol. The lowest BCUT2D eigenvalue weighted by molar-refractivity contribution is 0.0601. The summed E-state index contributed by atoms with van der Waals surface area (Å²) in [5, 5.41) is 19.4. The zero-order valence-corrected chi connectivity index (χ0v) is 14.4. The monoisotopic (exact) mass is 343 g/mol. The van der Waals surface area contributed by atoms with Gasteiger partial charge in [0.1, 0.15) is 16.6 Å². The number of benzene rings is 1. The van der Waals surface area contributed by atoms with Crippen molar-refractivity contribution < 1.29 is 14.6 Å². The molecule has 2 aromatic rings. The SMILES string of the molecule is COC(=O)c1ccc(N2CC(O)=C(c3nc(C)c(C)s3)C2=N)cc1. The van der Waals surface area contributed by atoms with Crippen LogP contribution in [0.15, 0.2) is 30.0 Å². The quantitative estimate of drug-likeness (QED) is 0.835. The lowest BCUT2D eigenvalue weighted by atomic mass is 10.2. The lowest BCUT2D eigenvalue weighted by Gasteiger charge is -2.18. The first-order valence-electron chi connectivity index (χ1n) is 7.33. The summed E-state index contributed by atoms with van der Waals surface area (Å²) >= 11 is 1.47. The van der Waals surface area contributed by atoms with Gasteiger partial charge in [-0.15, -0.1) is 11.3 Å². The number of hydrogen-bond acceptors (Lipinski definition) is 6. The van der Waals surface area contributed by atoms with Gasteiger partial charge >= 0.3 is 5.97 Å². The third-order valence-electron chi connectivity index (χ3n) is 3.95. The van der Waals surface area contributed by atoms with Gasteiger partial charge in [0, 0.05) is 10.6 Å². The van der Waals surface area contributed by atoms with E-state index in [0.29, 0.717) is 16.1 Å². The van der Waals surface area contributed by atoms with E-state index in [0.717, 1.165) is 16.3 Å². The number of aryl methyl sites for hydroxylation is 2. The minimum atomic E-state index is -0.409. The van der Waals surface area contributed by atoms with Gasteiger partial charge in [-0.1, -0.05) is 0 Å². The number of aliphatic hydroxyl groups is 1. The van der Waals surface area contributed by atoms with Crippen molar-refractivity contribution in [1.82, 2.24) is 4.98 Å². The number of carbonyl (C=O) groups excluding carboxylic acids is 1. The van der Waals surface area contributed by atoms with Gasteiger partial charge in [0.15, 0.2) is 0 Å². The number of hydrogen-bond donors (Lipinski definition) is 2. The molecule has 0 bridgehead atoms. The molecule has 1 aliphatic heterocycles. The molecule has 124 valence electrons. The molecule has 0 fully saturated rings. The summed E-state index contributed by atoms with van der Waals surface area (Å²) in [6, 6.07) is 6.74. The largest absolute Gasteiger partial charge is 0.510 e. The molecule has 24 heavy (non-hydrogen) atoms. The van der Waals surface area contributed by atoms with E-state index in [9.17, 15) is 9.90 Å². The highest BCUT2D eigenvalue weighted by Gasteiger charge is 2.31. The second kappa shape index (κ2) is 6.09. The van der Waals surface area contributed by atoms with Gasteiger partial charge < -0.3 is 14.7 Å². The molecular formula is C17H17N3O3S. The normalized spacial score (nSPS) is 14.5. The maximum absolute atomic E-state index is 11.5. The molecule has 1 aromatic heterocycles. The van der Waals surface area contributed by atoms with Gasteiger partial charge in [-0.25, -0.2) is 9.78 Å². The smallest absolute Gasteiger partial charge is 0.337 e. The molecule has 6 nitrogen and oxygen atoms in total. The number of anilines is 1. The molecule has 0 saturated carbocycles. The Hall–Kier alpha value is -2.67. The van der Waals surface area contributed by atoms with Gasteiger partial charge in [0.2, 0.25) is 0 Å². The van der Waals surface area contributed by atoms with Crippen LogP contribution in [0.3, 0.4) is 0 Å². The maximum Gasteiger partial charge on any atom is 0.337 e. The van der Waals surface area contributed by atoms with Crippen molar-refractivity contribution in [3.05, 3.63) is 51.2 Å². The highest BCUT2D eigenvalue weighted by atomic mass is 32.1. The van der Waals surface area contributed by atoms with E-state index in [1.54, 1.807) is 29.2 Å². The zero-order chi connectivity index (χ0) is 17.4. The Kier molecular flexibility index (Phi) is 4.11. The fraction of sp³-hybridized carbons (Fsp3) is 0.235. The molecule has 1 aromatic carbocycles. The van der Waals surface area contributed by atoms with Gasteiger partial charge in [-0.2, -0.15) is 0 Å². The highest BCUT2D eigenvalue weighted by molar-refractivity contribution is 7.13. The Morgan fingerprint density at radius 3 is 2.54 bits per heavy atom. The Balaban J connectivity index is 1.88. The Labute approximate surface area is 143 Å². The average Bonchev–Trinajstić information content (AvgIpc) is 3.05. The summed E-state index contributed by atoms with van der Waals surface area (Å²) in [6.07, 6.45) is 0. The zero-order valence-electron chi connectivity index (χ0n) is 13.6. The van der Waals surface area contributed by atoms with Crippen LogP contribution in [-0.2, 0) is 4.74 Å². The van der Waals surface area contributed by atoms with Gasteiger partial charge in [-0.05, 0) is 38.1 Å². The van der Waals surface area contributed by atoms with Gasteiger partial charge in [0.25, 0.3) is 0 Å². The molecule has 2 heterocycles. The molecule has 3 rings (SSSR count). The molecule has 0 spiro atoms. The minimum Gasteiger partial charge on any atom is -0.510 e. The summed E-state index contributed by atoms with van der Waals surface area (Å²) in [5.74, 6) is -0.0775. The molecule has 2 N–H and O–H groups in total. The molecule has 7 heteroatoms. The molecule has 0 radical (unpaired) electrons. The predicted octanol–water partition coefficient (Wildman–Crippen LogP) is 3.31. The minimum absolute atomic E-state index is 0.130. The fourth-order valence-electron chi connectivity index (χ4n) is 2.50. The standard InChI is InChI=1S/C17H17N3O3S/c1-9-10(2)24-16(19-9)14-13(21)8-20(15(14)18)12-6-4-11(5-7-12)17(22)23-3/h4-7,18,21H,8H2,1-3H3. The number of ether oxygens (including phenoxy) is 1. The lowest BCUT2D eigenvalue weighted by Crippen LogP contribution is -2.26. The van der Waals surface area contributed by atoms with Crippen LogP contribution in [-0.4, -0.2) is 35.5 Å². The third kappa shape index (κ3) is 2.67. The van der Waals surface area contributed by atoms with Crippen LogP contribution in [0.1, 0.15) is 25.9 Å². The van der Waals surface area contributed by atoms with Crippen LogP contribution in [0.2, 0.25) is 0 Å². The second-order valence-corrected chi connectivity index (χ2v) is 6.66. The molecule has 0 atom stereocenters. The van der Waals surface area contributed by atoms with Crippen molar-refractivity contribution in [1.29, 1.82) is 5.41 Å². The van der Waals surface area contributed by atoms with Crippen molar-refractivity contribution in [3.63, 3.8) is 0 Å². The van der Waals surface area contributed by atoms with Crippen LogP contribution in [0.25, 0.3) is 5.57 Å². The average molecular weight is 343 g/mol. The Morgan fingerprint density at radius 1 is 1.33 bits per heavy atom. The van der Waals surface area contributed by atoms with Crippen molar-refractivity contribution >= 4 is 34.4 Å². The fourth-order valence-corrected chi connectivity index (χ4v) is 3.48. The Morgan fingerprint density at radius 2 is 2.00 bits per heavy atom. The van der Waals surface area contributed by atoms with E-state index in [1.165, 1.54) is 18.4 Å². The highest BCUT2D eigenvalue weighted by Crippen LogP contribution is 2.33. The number of aromatic nitrogens is 1. The maximum atomic E-state index is 11.5. The molecule has 0 unspecified atom stereocenters. The second-order valence-electron chi connectivity index (χ2n) is 5.46. The van der Waals surface area contributed by atoms with Gasteiger partial charge in [0.05, 0.1) is 30.5 Å².